The molecule has 1 atom stereocenters. The van der Waals surface area contributed by atoms with E-state index in [9.17, 15) is 0 Å². The van der Waals surface area contributed by atoms with Crippen molar-refractivity contribution in [2.75, 3.05) is 19.5 Å². The zero-order chi connectivity index (χ0) is 14.4. The molecule has 0 aliphatic rings. The van der Waals surface area contributed by atoms with Gasteiger partial charge < -0.3 is 14.8 Å². The van der Waals surface area contributed by atoms with Gasteiger partial charge in [0.1, 0.15) is 0 Å². The molecule has 1 unspecified atom stereocenters. The van der Waals surface area contributed by atoms with E-state index >= 15 is 0 Å². The van der Waals surface area contributed by atoms with Gasteiger partial charge in [-0.05, 0) is 18.9 Å². The molecule has 0 saturated heterocycles. The van der Waals surface area contributed by atoms with E-state index in [4.69, 9.17) is 9.47 Å². The molecule has 20 heavy (non-hydrogen) atoms. The summed E-state index contributed by atoms with van der Waals surface area (Å²) in [4.78, 5) is 12.2. The van der Waals surface area contributed by atoms with Crippen LogP contribution in [-0.4, -0.2) is 35.2 Å². The predicted octanol–water partition coefficient (Wildman–Crippen LogP) is 1.93. The minimum Gasteiger partial charge on any atom is -0.467 e. The fourth-order valence-electron chi connectivity index (χ4n) is 1.82. The number of ether oxygens (including phenoxy) is 2. The SMILES string of the molecule is COc1nc(NC(C)Cc2ccccc2)nc(OC)n1. The van der Waals surface area contributed by atoms with Crippen LogP contribution in [0.2, 0.25) is 0 Å². The van der Waals surface area contributed by atoms with Crippen molar-refractivity contribution in [3.05, 3.63) is 35.9 Å². The highest BCUT2D eigenvalue weighted by atomic mass is 16.5. The van der Waals surface area contributed by atoms with E-state index in [1.165, 1.54) is 19.8 Å². The number of rotatable bonds is 6. The molecule has 0 aliphatic carbocycles. The van der Waals surface area contributed by atoms with Crippen molar-refractivity contribution in [3.8, 4) is 12.0 Å². The van der Waals surface area contributed by atoms with Gasteiger partial charge in [0, 0.05) is 6.04 Å². The predicted molar refractivity (Wildman–Crippen MR) is 76.2 cm³/mol. The Labute approximate surface area is 118 Å². The Morgan fingerprint density at radius 1 is 1.00 bits per heavy atom. The summed E-state index contributed by atoms with van der Waals surface area (Å²) in [7, 11) is 3.01. The van der Waals surface area contributed by atoms with Crippen molar-refractivity contribution >= 4 is 5.95 Å². The average molecular weight is 274 g/mol. The van der Waals surface area contributed by atoms with E-state index < -0.39 is 0 Å². The standard InChI is InChI=1S/C14H18N4O2/c1-10(9-11-7-5-4-6-8-11)15-12-16-13(19-2)18-14(17-12)20-3/h4-8,10H,9H2,1-3H3,(H,15,16,17,18). The lowest BCUT2D eigenvalue weighted by Gasteiger charge is -2.14. The molecular weight excluding hydrogens is 256 g/mol. The van der Waals surface area contributed by atoms with Gasteiger partial charge in [0.15, 0.2) is 0 Å². The smallest absolute Gasteiger partial charge is 0.324 e. The molecule has 0 fully saturated rings. The fourth-order valence-corrected chi connectivity index (χ4v) is 1.82. The highest BCUT2D eigenvalue weighted by Gasteiger charge is 2.10. The van der Waals surface area contributed by atoms with Crippen LogP contribution in [-0.2, 0) is 6.42 Å². The van der Waals surface area contributed by atoms with Crippen molar-refractivity contribution in [1.29, 1.82) is 0 Å². The molecule has 0 radical (unpaired) electrons. The Hall–Kier alpha value is -2.37. The van der Waals surface area contributed by atoms with E-state index in [0.29, 0.717) is 5.95 Å². The maximum Gasteiger partial charge on any atom is 0.324 e. The second-order valence-corrected chi connectivity index (χ2v) is 4.37. The summed E-state index contributed by atoms with van der Waals surface area (Å²) in [5.41, 5.74) is 1.25. The molecule has 1 N–H and O–H groups in total. The summed E-state index contributed by atoms with van der Waals surface area (Å²) in [6.07, 6.45) is 0.872. The van der Waals surface area contributed by atoms with Gasteiger partial charge in [-0.25, -0.2) is 0 Å². The minimum absolute atomic E-state index is 0.175. The van der Waals surface area contributed by atoms with Crippen molar-refractivity contribution in [1.82, 2.24) is 15.0 Å². The van der Waals surface area contributed by atoms with Crippen LogP contribution in [0.25, 0.3) is 0 Å². The molecule has 1 aromatic carbocycles. The lowest BCUT2D eigenvalue weighted by molar-refractivity contribution is 0.341. The Morgan fingerprint density at radius 3 is 2.15 bits per heavy atom. The van der Waals surface area contributed by atoms with E-state index in [0.717, 1.165) is 6.42 Å². The van der Waals surface area contributed by atoms with E-state index in [2.05, 4.69) is 39.3 Å². The molecule has 6 nitrogen and oxygen atoms in total. The number of nitrogens with zero attached hydrogens (tertiary/aromatic N) is 3. The van der Waals surface area contributed by atoms with Crippen molar-refractivity contribution < 1.29 is 9.47 Å². The zero-order valence-corrected chi connectivity index (χ0v) is 11.8. The third-order valence-corrected chi connectivity index (χ3v) is 2.72. The van der Waals surface area contributed by atoms with Crippen LogP contribution >= 0.6 is 0 Å². The summed E-state index contributed by atoms with van der Waals surface area (Å²) in [6.45, 7) is 2.07. The molecule has 2 aromatic rings. The largest absolute Gasteiger partial charge is 0.467 e. The van der Waals surface area contributed by atoms with Crippen molar-refractivity contribution in [2.45, 2.75) is 19.4 Å². The van der Waals surface area contributed by atoms with Crippen LogP contribution in [0, 0.1) is 0 Å². The number of aromatic nitrogens is 3. The first-order valence-electron chi connectivity index (χ1n) is 6.35. The lowest BCUT2D eigenvalue weighted by atomic mass is 10.1. The van der Waals surface area contributed by atoms with Gasteiger partial charge in [-0.15, -0.1) is 4.98 Å². The third kappa shape index (κ3) is 3.81. The van der Waals surface area contributed by atoms with E-state index in [-0.39, 0.29) is 18.1 Å². The van der Waals surface area contributed by atoms with Crippen molar-refractivity contribution in [2.24, 2.45) is 0 Å². The van der Waals surface area contributed by atoms with Crippen LogP contribution in [0.4, 0.5) is 5.95 Å². The second-order valence-electron chi connectivity index (χ2n) is 4.37. The highest BCUT2D eigenvalue weighted by Crippen LogP contribution is 2.14. The van der Waals surface area contributed by atoms with Crippen LogP contribution in [0.15, 0.2) is 30.3 Å². The molecule has 0 bridgehead atoms. The molecule has 6 heteroatoms. The zero-order valence-electron chi connectivity index (χ0n) is 11.8. The monoisotopic (exact) mass is 274 g/mol. The normalized spacial score (nSPS) is 11.8. The van der Waals surface area contributed by atoms with Crippen LogP contribution in [0.5, 0.6) is 12.0 Å². The fraction of sp³-hybridized carbons (Fsp3) is 0.357. The quantitative estimate of drug-likeness (QED) is 0.868. The van der Waals surface area contributed by atoms with E-state index in [1.54, 1.807) is 0 Å². The molecule has 0 aliphatic heterocycles. The average Bonchev–Trinajstić information content (AvgIpc) is 2.47. The molecule has 0 amide bonds. The van der Waals surface area contributed by atoms with Crippen LogP contribution in [0.1, 0.15) is 12.5 Å². The lowest BCUT2D eigenvalue weighted by Crippen LogP contribution is -2.20. The van der Waals surface area contributed by atoms with Gasteiger partial charge in [-0.1, -0.05) is 30.3 Å². The number of hydrogen-bond donors (Lipinski definition) is 1. The molecule has 1 heterocycles. The van der Waals surface area contributed by atoms with Gasteiger partial charge in [0.2, 0.25) is 5.95 Å². The summed E-state index contributed by atoms with van der Waals surface area (Å²) >= 11 is 0. The van der Waals surface area contributed by atoms with Gasteiger partial charge >= 0.3 is 12.0 Å². The molecule has 1 aromatic heterocycles. The van der Waals surface area contributed by atoms with Crippen LogP contribution in [0.3, 0.4) is 0 Å². The van der Waals surface area contributed by atoms with Gasteiger partial charge in [-0.2, -0.15) is 9.97 Å². The maximum absolute atomic E-state index is 5.01. The summed E-state index contributed by atoms with van der Waals surface area (Å²) in [5, 5.41) is 3.22. The summed E-state index contributed by atoms with van der Waals surface area (Å²) in [5.74, 6) is 0.442. The second kappa shape index (κ2) is 6.70. The Balaban J connectivity index is 2.05. The number of hydrogen-bond acceptors (Lipinski definition) is 6. The Morgan fingerprint density at radius 2 is 1.60 bits per heavy atom. The maximum atomic E-state index is 5.01. The Kier molecular flexibility index (Phi) is 4.70. The van der Waals surface area contributed by atoms with Crippen LogP contribution < -0.4 is 14.8 Å². The summed E-state index contributed by atoms with van der Waals surface area (Å²) < 4.78 is 10.0. The highest BCUT2D eigenvalue weighted by molar-refractivity contribution is 5.30. The summed E-state index contributed by atoms with van der Waals surface area (Å²) in [6, 6.07) is 10.9. The van der Waals surface area contributed by atoms with E-state index in [1.807, 2.05) is 18.2 Å². The first kappa shape index (κ1) is 14.0. The first-order chi connectivity index (χ1) is 9.71. The third-order valence-electron chi connectivity index (χ3n) is 2.72. The van der Waals surface area contributed by atoms with Gasteiger partial charge in [0.05, 0.1) is 14.2 Å². The number of anilines is 1. The van der Waals surface area contributed by atoms with Gasteiger partial charge in [-0.3, -0.25) is 0 Å². The van der Waals surface area contributed by atoms with Crippen molar-refractivity contribution in [3.63, 3.8) is 0 Å². The molecule has 0 saturated carbocycles. The van der Waals surface area contributed by atoms with Gasteiger partial charge in [0.25, 0.3) is 0 Å². The number of benzene rings is 1. The first-order valence-corrected chi connectivity index (χ1v) is 6.35. The molecule has 0 spiro atoms. The molecule has 106 valence electrons. The number of nitrogens with one attached hydrogen (secondary N) is 1. The molecular formula is C14H18N4O2. The molecule has 2 rings (SSSR count). The topological polar surface area (TPSA) is 69.2 Å². The minimum atomic E-state index is 0.175. The Bertz CT molecular complexity index is 526. The number of methoxy groups -OCH3 is 2.